The van der Waals surface area contributed by atoms with E-state index in [1.165, 1.54) is 11.8 Å². The van der Waals surface area contributed by atoms with Gasteiger partial charge in [-0.05, 0) is 37.3 Å². The summed E-state index contributed by atoms with van der Waals surface area (Å²) in [5.74, 6) is 0.518. The minimum absolute atomic E-state index is 0.0223. The standard InChI is InChI=1S/C18H18Cl2N4O2S/c1-11(27-15-8-12(19)2-4-14(15)20)18(26)23-13-3-5-16(22-9-13)24-7-6-21-17(25)10-24/h2-5,8-9,11H,6-7,10H2,1H3,(H,21,25)(H,23,26). The van der Waals surface area contributed by atoms with Crippen molar-refractivity contribution >= 4 is 58.3 Å². The van der Waals surface area contributed by atoms with Crippen molar-refractivity contribution in [1.29, 1.82) is 0 Å². The summed E-state index contributed by atoms with van der Waals surface area (Å²) >= 11 is 13.5. The predicted molar refractivity (Wildman–Crippen MR) is 110 cm³/mol. The Bertz CT molecular complexity index is 848. The lowest BCUT2D eigenvalue weighted by Crippen LogP contribution is -2.48. The van der Waals surface area contributed by atoms with E-state index in [1.807, 2.05) is 4.90 Å². The van der Waals surface area contributed by atoms with Crippen LogP contribution in [0.1, 0.15) is 6.92 Å². The molecule has 1 saturated heterocycles. The molecular formula is C18H18Cl2N4O2S. The number of piperazine rings is 1. The first kappa shape index (κ1) is 19.8. The second-order valence-corrected chi connectivity index (χ2v) is 8.23. The van der Waals surface area contributed by atoms with Gasteiger partial charge < -0.3 is 15.5 Å². The van der Waals surface area contributed by atoms with Gasteiger partial charge in [0.2, 0.25) is 11.8 Å². The Morgan fingerprint density at radius 1 is 1.33 bits per heavy atom. The number of carbonyl (C=O) groups is 2. The number of pyridine rings is 1. The molecule has 1 aromatic heterocycles. The third-order valence-electron chi connectivity index (χ3n) is 3.94. The Morgan fingerprint density at radius 2 is 2.15 bits per heavy atom. The van der Waals surface area contributed by atoms with Gasteiger partial charge in [-0.25, -0.2) is 4.98 Å². The first-order chi connectivity index (χ1) is 12.9. The number of carbonyl (C=O) groups excluding carboxylic acids is 2. The Kier molecular flexibility index (Phi) is 6.46. The highest BCUT2D eigenvalue weighted by atomic mass is 35.5. The van der Waals surface area contributed by atoms with Crippen molar-refractivity contribution in [2.45, 2.75) is 17.1 Å². The SMILES string of the molecule is CC(Sc1cc(Cl)ccc1Cl)C(=O)Nc1ccc(N2CCNC(=O)C2)nc1. The molecule has 2 N–H and O–H groups in total. The smallest absolute Gasteiger partial charge is 0.239 e. The molecule has 0 aliphatic carbocycles. The molecule has 1 aliphatic heterocycles. The zero-order chi connectivity index (χ0) is 19.4. The number of hydrogen-bond acceptors (Lipinski definition) is 5. The van der Waals surface area contributed by atoms with E-state index in [9.17, 15) is 9.59 Å². The second-order valence-electron chi connectivity index (χ2n) is 6.00. The van der Waals surface area contributed by atoms with Crippen molar-refractivity contribution in [2.24, 2.45) is 0 Å². The molecule has 1 fully saturated rings. The summed E-state index contributed by atoms with van der Waals surface area (Å²) < 4.78 is 0. The number of thioether (sulfide) groups is 1. The number of hydrogen-bond donors (Lipinski definition) is 2. The van der Waals surface area contributed by atoms with Crippen LogP contribution in [0.25, 0.3) is 0 Å². The zero-order valence-electron chi connectivity index (χ0n) is 14.5. The minimum Gasteiger partial charge on any atom is -0.353 e. The number of halogens is 2. The van der Waals surface area contributed by atoms with Crippen molar-refractivity contribution in [3.63, 3.8) is 0 Å². The van der Waals surface area contributed by atoms with Crippen molar-refractivity contribution in [1.82, 2.24) is 10.3 Å². The van der Waals surface area contributed by atoms with Crippen LogP contribution in [0.15, 0.2) is 41.4 Å². The van der Waals surface area contributed by atoms with E-state index in [1.54, 1.807) is 43.5 Å². The Hall–Kier alpha value is -1.96. The summed E-state index contributed by atoms with van der Waals surface area (Å²) in [4.78, 5) is 30.9. The Labute approximate surface area is 171 Å². The number of rotatable bonds is 5. The number of amides is 2. The van der Waals surface area contributed by atoms with Gasteiger partial charge in [0.15, 0.2) is 0 Å². The lowest BCUT2D eigenvalue weighted by molar-refractivity contribution is -0.120. The third kappa shape index (κ3) is 5.28. The highest BCUT2D eigenvalue weighted by Crippen LogP contribution is 2.33. The lowest BCUT2D eigenvalue weighted by Gasteiger charge is -2.27. The largest absolute Gasteiger partial charge is 0.353 e. The molecule has 6 nitrogen and oxygen atoms in total. The topological polar surface area (TPSA) is 74.3 Å². The first-order valence-corrected chi connectivity index (χ1v) is 9.96. The molecule has 1 aromatic carbocycles. The van der Waals surface area contributed by atoms with Crippen LogP contribution in [0.5, 0.6) is 0 Å². The van der Waals surface area contributed by atoms with Crippen molar-refractivity contribution in [3.8, 4) is 0 Å². The lowest BCUT2D eigenvalue weighted by atomic mass is 10.3. The molecular weight excluding hydrogens is 407 g/mol. The van der Waals surface area contributed by atoms with Gasteiger partial charge >= 0.3 is 0 Å². The highest BCUT2D eigenvalue weighted by molar-refractivity contribution is 8.00. The molecule has 2 amide bonds. The third-order valence-corrected chi connectivity index (χ3v) is 5.78. The summed E-state index contributed by atoms with van der Waals surface area (Å²) in [6.45, 7) is 3.39. The Balaban J connectivity index is 1.60. The van der Waals surface area contributed by atoms with E-state index in [0.29, 0.717) is 34.6 Å². The van der Waals surface area contributed by atoms with Crippen LogP contribution >= 0.6 is 35.0 Å². The highest BCUT2D eigenvalue weighted by Gasteiger charge is 2.19. The molecule has 3 rings (SSSR count). The van der Waals surface area contributed by atoms with E-state index in [0.717, 1.165) is 4.90 Å². The fourth-order valence-electron chi connectivity index (χ4n) is 2.54. The fraction of sp³-hybridized carbons (Fsp3) is 0.278. The monoisotopic (exact) mass is 424 g/mol. The van der Waals surface area contributed by atoms with Crippen LogP contribution in [0, 0.1) is 0 Å². The van der Waals surface area contributed by atoms with Crippen LogP contribution in [-0.4, -0.2) is 41.7 Å². The van der Waals surface area contributed by atoms with E-state index < -0.39 is 0 Å². The van der Waals surface area contributed by atoms with Gasteiger partial charge in [-0.15, -0.1) is 11.8 Å². The maximum absolute atomic E-state index is 12.4. The summed E-state index contributed by atoms with van der Waals surface area (Å²) in [6, 6.07) is 8.72. The van der Waals surface area contributed by atoms with Crippen LogP contribution in [0.4, 0.5) is 11.5 Å². The number of nitrogens with one attached hydrogen (secondary N) is 2. The fourth-order valence-corrected chi connectivity index (χ4v) is 3.95. The van der Waals surface area contributed by atoms with Crippen molar-refractivity contribution < 1.29 is 9.59 Å². The van der Waals surface area contributed by atoms with Gasteiger partial charge in [-0.2, -0.15) is 0 Å². The second kappa shape index (κ2) is 8.82. The van der Waals surface area contributed by atoms with Crippen LogP contribution < -0.4 is 15.5 Å². The normalized spacial score (nSPS) is 15.2. The zero-order valence-corrected chi connectivity index (χ0v) is 16.9. The maximum Gasteiger partial charge on any atom is 0.239 e. The molecule has 1 atom stereocenters. The summed E-state index contributed by atoms with van der Waals surface area (Å²) in [7, 11) is 0. The van der Waals surface area contributed by atoms with Crippen LogP contribution in [0.3, 0.4) is 0 Å². The first-order valence-electron chi connectivity index (χ1n) is 8.32. The number of nitrogens with zero attached hydrogens (tertiary/aromatic N) is 2. The molecule has 9 heteroatoms. The maximum atomic E-state index is 12.4. The average Bonchev–Trinajstić information content (AvgIpc) is 2.65. The molecule has 1 unspecified atom stereocenters. The van der Waals surface area contributed by atoms with Gasteiger partial charge in [-0.3, -0.25) is 9.59 Å². The van der Waals surface area contributed by atoms with E-state index in [4.69, 9.17) is 23.2 Å². The molecule has 2 aromatic rings. The molecule has 1 aliphatic rings. The molecule has 0 spiro atoms. The van der Waals surface area contributed by atoms with E-state index in [2.05, 4.69) is 15.6 Å². The van der Waals surface area contributed by atoms with Crippen molar-refractivity contribution in [2.75, 3.05) is 29.9 Å². The summed E-state index contributed by atoms with van der Waals surface area (Å²) in [5, 5.41) is 6.37. The van der Waals surface area contributed by atoms with Crippen molar-refractivity contribution in [3.05, 3.63) is 46.6 Å². The number of anilines is 2. The van der Waals surface area contributed by atoms with E-state index >= 15 is 0 Å². The minimum atomic E-state index is -0.369. The predicted octanol–water partition coefficient (Wildman–Crippen LogP) is 3.44. The number of aromatic nitrogens is 1. The molecule has 142 valence electrons. The average molecular weight is 425 g/mol. The van der Waals surface area contributed by atoms with Gasteiger partial charge in [0.05, 0.1) is 28.7 Å². The number of benzene rings is 1. The van der Waals surface area contributed by atoms with Crippen LogP contribution in [0.2, 0.25) is 10.0 Å². The molecule has 0 radical (unpaired) electrons. The van der Waals surface area contributed by atoms with Gasteiger partial charge in [0, 0.05) is 23.0 Å². The van der Waals surface area contributed by atoms with Gasteiger partial charge in [-0.1, -0.05) is 23.2 Å². The van der Waals surface area contributed by atoms with E-state index in [-0.39, 0.29) is 23.6 Å². The van der Waals surface area contributed by atoms with Gasteiger partial charge in [0.1, 0.15) is 5.82 Å². The summed E-state index contributed by atoms with van der Waals surface area (Å²) in [6.07, 6.45) is 1.59. The molecule has 0 saturated carbocycles. The molecule has 2 heterocycles. The molecule has 0 bridgehead atoms. The Morgan fingerprint density at radius 3 is 2.85 bits per heavy atom. The molecule has 27 heavy (non-hydrogen) atoms. The van der Waals surface area contributed by atoms with Crippen LogP contribution in [-0.2, 0) is 9.59 Å². The van der Waals surface area contributed by atoms with Gasteiger partial charge in [0.25, 0.3) is 0 Å². The quantitative estimate of drug-likeness (QED) is 0.718. The summed E-state index contributed by atoms with van der Waals surface area (Å²) in [5.41, 5.74) is 0.592.